The Hall–Kier alpha value is -5.47. The maximum absolute atomic E-state index is 13.0. The fourth-order valence-corrected chi connectivity index (χ4v) is 4.04. The number of pyridine rings is 2. The number of amides is 1. The van der Waals surface area contributed by atoms with E-state index in [2.05, 4.69) is 34.2 Å². The van der Waals surface area contributed by atoms with Gasteiger partial charge in [-0.15, -0.1) is 0 Å². The van der Waals surface area contributed by atoms with Gasteiger partial charge in [0.1, 0.15) is 5.82 Å². The third-order valence-electron chi connectivity index (χ3n) is 6.29. The van der Waals surface area contributed by atoms with Crippen molar-refractivity contribution >= 4 is 40.0 Å². The van der Waals surface area contributed by atoms with Crippen molar-refractivity contribution in [1.29, 1.82) is 0 Å². The number of carboxylic acid groups (broad SMARTS) is 2. The molecule has 4 N–H and O–H groups in total. The minimum atomic E-state index is -5.08. The molecule has 0 fully saturated rings. The number of nitrogens with zero attached hydrogens (tertiary/aromatic N) is 3. The first-order valence-corrected chi connectivity index (χ1v) is 12.8. The van der Waals surface area contributed by atoms with Crippen LogP contribution in [0.5, 0.6) is 0 Å². The minimum Gasteiger partial charge on any atom is -0.475 e. The molecule has 5 rings (SSSR count). The quantitative estimate of drug-likeness (QED) is 0.230. The van der Waals surface area contributed by atoms with Crippen molar-refractivity contribution in [2.45, 2.75) is 18.8 Å². The zero-order chi connectivity index (χ0) is 33.4. The van der Waals surface area contributed by atoms with Crippen LogP contribution in [0.1, 0.15) is 22.3 Å². The second-order valence-electron chi connectivity index (χ2n) is 9.28. The number of carbonyl (C=O) groups excluding carboxylic acids is 1. The number of nitrogens with two attached hydrogens (primary N) is 1. The molecule has 1 aliphatic rings. The van der Waals surface area contributed by atoms with Gasteiger partial charge in [0.2, 0.25) is 0 Å². The Bertz CT molecular complexity index is 1670. The summed E-state index contributed by atoms with van der Waals surface area (Å²) in [5, 5.41) is 16.3. The molecule has 2 aromatic heterocycles. The van der Waals surface area contributed by atoms with E-state index in [0.717, 1.165) is 33.9 Å². The molecule has 4 aromatic rings. The number of carboxylic acids is 2. The number of halogens is 6. The number of aliphatic carboxylic acids is 2. The number of aromatic nitrogens is 2. The van der Waals surface area contributed by atoms with Crippen molar-refractivity contribution in [2.24, 2.45) is 0 Å². The number of hydrogen-bond acceptors (Lipinski definition) is 6. The molecule has 0 bridgehead atoms. The van der Waals surface area contributed by atoms with E-state index in [1.165, 1.54) is 5.57 Å². The number of anilines is 1. The van der Waals surface area contributed by atoms with E-state index >= 15 is 0 Å². The smallest absolute Gasteiger partial charge is 0.475 e. The predicted molar refractivity (Wildman–Crippen MR) is 152 cm³/mol. The topological polar surface area (TPSA) is 147 Å². The normalized spacial score (nSPS) is 13.0. The lowest BCUT2D eigenvalue weighted by Crippen LogP contribution is -2.34. The standard InChI is InChI=1S/C26H22N4O.2C2HF3O2/c27-25-24-17-23(6-3-21(24)9-14-29-25)20-10-15-30(16-11-20)26(31)22-4-1-18(2-5-22)19-7-12-28-13-8-19;2*3-2(4,5)1(6)7/h1-10,12-14,17H,11,15-16H2,(H2,27,29);2*(H,6,7). The maximum atomic E-state index is 13.0. The van der Waals surface area contributed by atoms with E-state index in [-0.39, 0.29) is 5.91 Å². The molecule has 0 radical (unpaired) electrons. The Balaban J connectivity index is 0.000000331. The van der Waals surface area contributed by atoms with Gasteiger partial charge in [0.15, 0.2) is 0 Å². The maximum Gasteiger partial charge on any atom is 0.490 e. The highest BCUT2D eigenvalue weighted by atomic mass is 19.4. The van der Waals surface area contributed by atoms with Crippen LogP contribution in [0.3, 0.4) is 0 Å². The van der Waals surface area contributed by atoms with Crippen LogP contribution in [-0.2, 0) is 9.59 Å². The first kappa shape index (κ1) is 34.0. The summed E-state index contributed by atoms with van der Waals surface area (Å²) in [7, 11) is 0. The number of alkyl halides is 6. The Morgan fingerprint density at radius 2 is 1.29 bits per heavy atom. The Labute approximate surface area is 251 Å². The summed E-state index contributed by atoms with van der Waals surface area (Å²) >= 11 is 0. The highest BCUT2D eigenvalue weighted by molar-refractivity contribution is 5.96. The zero-order valence-corrected chi connectivity index (χ0v) is 23.0. The number of hydrogen-bond donors (Lipinski definition) is 3. The molecule has 0 aliphatic carbocycles. The molecular formula is C30H24F6N4O5. The van der Waals surface area contributed by atoms with Crippen LogP contribution >= 0.6 is 0 Å². The monoisotopic (exact) mass is 634 g/mol. The van der Waals surface area contributed by atoms with Gasteiger partial charge in [0.25, 0.3) is 5.91 Å². The summed E-state index contributed by atoms with van der Waals surface area (Å²) in [6, 6.07) is 19.9. The molecule has 1 amide bonds. The zero-order valence-electron chi connectivity index (χ0n) is 23.0. The molecule has 9 nitrogen and oxygen atoms in total. The molecule has 45 heavy (non-hydrogen) atoms. The molecule has 236 valence electrons. The summed E-state index contributed by atoms with van der Waals surface area (Å²) in [6.07, 6.45) is -1.95. The van der Waals surface area contributed by atoms with Crippen molar-refractivity contribution in [3.05, 3.63) is 96.5 Å². The van der Waals surface area contributed by atoms with Crippen molar-refractivity contribution in [1.82, 2.24) is 14.9 Å². The van der Waals surface area contributed by atoms with Crippen LogP contribution in [0.15, 0.2) is 85.3 Å². The third-order valence-corrected chi connectivity index (χ3v) is 6.29. The summed E-state index contributed by atoms with van der Waals surface area (Å²) in [4.78, 5) is 40.9. The molecule has 0 atom stereocenters. The van der Waals surface area contributed by atoms with Crippen molar-refractivity contribution < 1.29 is 50.9 Å². The van der Waals surface area contributed by atoms with Crippen LogP contribution < -0.4 is 5.73 Å². The fraction of sp³-hybridized carbons (Fsp3) is 0.167. The van der Waals surface area contributed by atoms with Gasteiger partial charge in [-0.25, -0.2) is 14.6 Å². The van der Waals surface area contributed by atoms with Gasteiger partial charge < -0.3 is 20.8 Å². The number of rotatable bonds is 3. The molecule has 2 aromatic carbocycles. The van der Waals surface area contributed by atoms with E-state index in [1.807, 2.05) is 47.4 Å². The lowest BCUT2D eigenvalue weighted by Gasteiger charge is -2.27. The summed E-state index contributed by atoms with van der Waals surface area (Å²) in [5.41, 5.74) is 11.3. The van der Waals surface area contributed by atoms with Gasteiger partial charge in [-0.05, 0) is 70.5 Å². The Morgan fingerprint density at radius 1 is 0.756 bits per heavy atom. The Morgan fingerprint density at radius 3 is 1.80 bits per heavy atom. The predicted octanol–water partition coefficient (Wildman–Crippen LogP) is 6.08. The molecule has 1 aliphatic heterocycles. The molecular weight excluding hydrogens is 610 g/mol. The van der Waals surface area contributed by atoms with Gasteiger partial charge in [-0.3, -0.25) is 9.78 Å². The highest BCUT2D eigenvalue weighted by Gasteiger charge is 2.38. The van der Waals surface area contributed by atoms with E-state index in [0.29, 0.717) is 24.5 Å². The van der Waals surface area contributed by atoms with Crippen molar-refractivity contribution in [3.63, 3.8) is 0 Å². The lowest BCUT2D eigenvalue weighted by molar-refractivity contribution is -0.193. The lowest BCUT2D eigenvalue weighted by atomic mass is 9.96. The molecule has 0 spiro atoms. The molecule has 0 unspecified atom stereocenters. The average molecular weight is 635 g/mol. The average Bonchev–Trinajstić information content (AvgIpc) is 3.01. The summed E-state index contributed by atoms with van der Waals surface area (Å²) in [5.74, 6) is -4.91. The third kappa shape index (κ3) is 9.51. The Kier molecular flexibility index (Phi) is 10.8. The van der Waals surface area contributed by atoms with Crippen LogP contribution in [-0.4, -0.2) is 68.4 Å². The second-order valence-corrected chi connectivity index (χ2v) is 9.28. The van der Waals surface area contributed by atoms with Gasteiger partial charge in [-0.1, -0.05) is 30.3 Å². The fourth-order valence-electron chi connectivity index (χ4n) is 4.04. The van der Waals surface area contributed by atoms with Gasteiger partial charge >= 0.3 is 24.3 Å². The second kappa shape index (κ2) is 14.3. The first-order valence-electron chi connectivity index (χ1n) is 12.8. The molecule has 3 heterocycles. The molecule has 15 heteroatoms. The van der Waals surface area contributed by atoms with E-state index in [9.17, 15) is 31.1 Å². The van der Waals surface area contributed by atoms with Crippen LogP contribution in [0.25, 0.3) is 27.5 Å². The summed E-state index contributed by atoms with van der Waals surface area (Å²) < 4.78 is 63.5. The van der Waals surface area contributed by atoms with Crippen molar-refractivity contribution in [3.8, 4) is 11.1 Å². The van der Waals surface area contributed by atoms with E-state index < -0.39 is 24.3 Å². The van der Waals surface area contributed by atoms with Crippen molar-refractivity contribution in [2.75, 3.05) is 18.8 Å². The van der Waals surface area contributed by atoms with E-state index in [1.54, 1.807) is 18.6 Å². The van der Waals surface area contributed by atoms with Crippen LogP contribution in [0.2, 0.25) is 0 Å². The first-order chi connectivity index (χ1) is 21.1. The summed E-state index contributed by atoms with van der Waals surface area (Å²) in [6.45, 7) is 1.29. The van der Waals surface area contributed by atoms with Gasteiger partial charge in [0.05, 0.1) is 0 Å². The number of benzene rings is 2. The number of fused-ring (bicyclic) bond motifs is 1. The minimum absolute atomic E-state index is 0.0588. The number of nitrogen functional groups attached to an aromatic ring is 1. The van der Waals surface area contributed by atoms with Crippen LogP contribution in [0.4, 0.5) is 32.2 Å². The molecule has 0 saturated heterocycles. The van der Waals surface area contributed by atoms with Crippen LogP contribution in [0, 0.1) is 0 Å². The SMILES string of the molecule is Nc1nccc2ccc(C3=CCN(C(=O)c4ccc(-c5ccncc5)cc4)CC3)cc12.O=C(O)C(F)(F)F.O=C(O)C(F)(F)F. The number of carbonyl (C=O) groups is 3. The largest absolute Gasteiger partial charge is 0.490 e. The highest BCUT2D eigenvalue weighted by Crippen LogP contribution is 2.28. The molecule has 0 saturated carbocycles. The van der Waals surface area contributed by atoms with Gasteiger partial charge in [-0.2, -0.15) is 26.3 Å². The van der Waals surface area contributed by atoms with E-state index in [4.69, 9.17) is 25.5 Å². The van der Waals surface area contributed by atoms with Gasteiger partial charge in [0, 0.05) is 42.6 Å².